The van der Waals surface area contributed by atoms with Gasteiger partial charge in [-0.05, 0) is 31.2 Å². The predicted octanol–water partition coefficient (Wildman–Crippen LogP) is 3.75. The molecule has 8 nitrogen and oxygen atoms in total. The van der Waals surface area contributed by atoms with Crippen molar-refractivity contribution in [2.45, 2.75) is 13.5 Å². The summed E-state index contributed by atoms with van der Waals surface area (Å²) in [6.45, 7) is 1.76. The van der Waals surface area contributed by atoms with Crippen LogP contribution in [0.4, 0.5) is 8.78 Å². The number of ether oxygens (including phenoxy) is 1. The fourth-order valence-electron chi connectivity index (χ4n) is 3.49. The maximum atomic E-state index is 14.8. The van der Waals surface area contributed by atoms with Crippen LogP contribution in [0.25, 0.3) is 28.2 Å². The molecule has 10 heteroatoms. The zero-order chi connectivity index (χ0) is 22.2. The van der Waals surface area contributed by atoms with Crippen molar-refractivity contribution in [3.63, 3.8) is 0 Å². The number of benzene rings is 2. The zero-order valence-corrected chi connectivity index (χ0v) is 17.2. The van der Waals surface area contributed by atoms with Crippen LogP contribution in [-0.2, 0) is 13.7 Å². The van der Waals surface area contributed by atoms with Crippen LogP contribution >= 0.6 is 0 Å². The molecule has 0 N–H and O–H groups in total. The molecule has 32 heavy (non-hydrogen) atoms. The standard InChI is InChI=1S/C22H17F2N7O/c1-13-28-29-19(14-7-3-5-9-16(14)23)21-27-22(32-11-18-25-12-26-30(18)2)20(31(13)21)15-8-4-6-10-17(15)24/h3-10,12H,11H2,1-2H3. The summed E-state index contributed by atoms with van der Waals surface area (Å²) in [4.78, 5) is 8.73. The molecule has 0 bridgehead atoms. The van der Waals surface area contributed by atoms with Crippen LogP contribution < -0.4 is 4.74 Å². The van der Waals surface area contributed by atoms with Gasteiger partial charge in [0.1, 0.15) is 41.8 Å². The van der Waals surface area contributed by atoms with Crippen molar-refractivity contribution in [3.8, 4) is 28.4 Å². The van der Waals surface area contributed by atoms with Crippen LogP contribution in [0.3, 0.4) is 0 Å². The number of rotatable bonds is 5. The quantitative estimate of drug-likeness (QED) is 0.420. The van der Waals surface area contributed by atoms with Crippen molar-refractivity contribution in [1.82, 2.24) is 34.3 Å². The minimum atomic E-state index is -0.468. The van der Waals surface area contributed by atoms with Gasteiger partial charge in [-0.25, -0.2) is 13.8 Å². The third-order valence-electron chi connectivity index (χ3n) is 5.08. The molecule has 5 aromatic rings. The summed E-state index contributed by atoms with van der Waals surface area (Å²) in [7, 11) is 1.74. The molecule has 0 amide bonds. The Morgan fingerprint density at radius 3 is 2.28 bits per heavy atom. The first-order valence-electron chi connectivity index (χ1n) is 9.76. The Kier molecular flexibility index (Phi) is 4.81. The van der Waals surface area contributed by atoms with Gasteiger partial charge in [0.2, 0.25) is 5.88 Å². The number of nitrogens with zero attached hydrogens (tertiary/aromatic N) is 7. The maximum absolute atomic E-state index is 14.8. The topological polar surface area (TPSA) is 83.0 Å². The van der Waals surface area contributed by atoms with Gasteiger partial charge in [0.25, 0.3) is 0 Å². The van der Waals surface area contributed by atoms with Gasteiger partial charge in [0, 0.05) is 18.2 Å². The molecule has 0 spiro atoms. The van der Waals surface area contributed by atoms with Crippen LogP contribution in [0.1, 0.15) is 11.6 Å². The highest BCUT2D eigenvalue weighted by atomic mass is 19.1. The molecule has 3 aromatic heterocycles. The Morgan fingerprint density at radius 2 is 1.62 bits per heavy atom. The van der Waals surface area contributed by atoms with Gasteiger partial charge in [-0.2, -0.15) is 10.1 Å². The maximum Gasteiger partial charge on any atom is 0.241 e. The lowest BCUT2D eigenvalue weighted by Gasteiger charge is -2.10. The van der Waals surface area contributed by atoms with E-state index >= 15 is 0 Å². The van der Waals surface area contributed by atoms with Crippen LogP contribution in [0, 0.1) is 18.6 Å². The summed E-state index contributed by atoms with van der Waals surface area (Å²) in [6.07, 6.45) is 1.41. The van der Waals surface area contributed by atoms with E-state index in [1.165, 1.54) is 18.5 Å². The first kappa shape index (κ1) is 19.7. The van der Waals surface area contributed by atoms with Gasteiger partial charge in [-0.1, -0.05) is 24.3 Å². The van der Waals surface area contributed by atoms with E-state index in [0.29, 0.717) is 23.0 Å². The van der Waals surface area contributed by atoms with E-state index in [4.69, 9.17) is 4.74 Å². The van der Waals surface area contributed by atoms with Gasteiger partial charge in [-0.3, -0.25) is 9.08 Å². The van der Waals surface area contributed by atoms with Gasteiger partial charge < -0.3 is 4.74 Å². The molecular formula is C22H17F2N7O. The summed E-state index contributed by atoms with van der Waals surface area (Å²) in [5.74, 6) is 0.225. The van der Waals surface area contributed by atoms with Gasteiger partial charge in [0.15, 0.2) is 11.5 Å². The fourth-order valence-corrected chi connectivity index (χ4v) is 3.49. The van der Waals surface area contributed by atoms with Crippen molar-refractivity contribution in [2.24, 2.45) is 7.05 Å². The average molecular weight is 433 g/mol. The number of hydrogen-bond acceptors (Lipinski definition) is 6. The number of aryl methyl sites for hydroxylation is 2. The Balaban J connectivity index is 1.76. The lowest BCUT2D eigenvalue weighted by atomic mass is 10.1. The minimum absolute atomic E-state index is 0.0524. The molecule has 0 aliphatic carbocycles. The van der Waals surface area contributed by atoms with Crippen LogP contribution in [-0.4, -0.2) is 34.3 Å². The van der Waals surface area contributed by atoms with E-state index in [-0.39, 0.29) is 29.3 Å². The first-order chi connectivity index (χ1) is 15.5. The second kappa shape index (κ2) is 7.80. The SMILES string of the molecule is Cc1nnc(-c2ccccc2F)c2nc(OCc3ncnn3C)c(-c3ccccc3F)n12. The Bertz CT molecular complexity index is 1440. The number of fused-ring (bicyclic) bond motifs is 1. The van der Waals surface area contributed by atoms with E-state index in [0.717, 1.165) is 0 Å². The van der Waals surface area contributed by atoms with E-state index in [9.17, 15) is 8.78 Å². The van der Waals surface area contributed by atoms with Gasteiger partial charge in [-0.15, -0.1) is 10.2 Å². The molecule has 0 aliphatic heterocycles. The second-order valence-electron chi connectivity index (χ2n) is 7.07. The smallest absolute Gasteiger partial charge is 0.241 e. The van der Waals surface area contributed by atoms with Crippen molar-refractivity contribution in [2.75, 3.05) is 0 Å². The molecule has 0 unspecified atom stereocenters. The number of halogens is 2. The van der Waals surface area contributed by atoms with Gasteiger partial charge in [0.05, 0.1) is 0 Å². The van der Waals surface area contributed by atoms with E-state index in [2.05, 4.69) is 25.3 Å². The van der Waals surface area contributed by atoms with E-state index in [1.54, 1.807) is 59.5 Å². The highest BCUT2D eigenvalue weighted by Crippen LogP contribution is 2.36. The third-order valence-corrected chi connectivity index (χ3v) is 5.08. The molecule has 3 heterocycles. The second-order valence-corrected chi connectivity index (χ2v) is 7.07. The Labute approximate surface area is 181 Å². The van der Waals surface area contributed by atoms with Crippen molar-refractivity contribution in [1.29, 1.82) is 0 Å². The average Bonchev–Trinajstić information content (AvgIpc) is 3.37. The lowest BCUT2D eigenvalue weighted by Crippen LogP contribution is -2.06. The molecule has 160 valence electrons. The lowest BCUT2D eigenvalue weighted by molar-refractivity contribution is 0.281. The molecule has 0 aliphatic rings. The monoisotopic (exact) mass is 433 g/mol. The van der Waals surface area contributed by atoms with Crippen molar-refractivity contribution in [3.05, 3.63) is 78.1 Å². The summed E-state index contributed by atoms with van der Waals surface area (Å²) in [6, 6.07) is 12.5. The molecule has 2 aromatic carbocycles. The molecule has 0 saturated heterocycles. The Hall–Kier alpha value is -4.21. The van der Waals surface area contributed by atoms with Crippen LogP contribution in [0.15, 0.2) is 54.9 Å². The van der Waals surface area contributed by atoms with E-state index in [1.807, 2.05) is 0 Å². The number of aromatic nitrogens is 7. The highest BCUT2D eigenvalue weighted by Gasteiger charge is 2.24. The third kappa shape index (κ3) is 3.25. The predicted molar refractivity (Wildman–Crippen MR) is 112 cm³/mol. The normalized spacial score (nSPS) is 11.2. The molecule has 0 atom stereocenters. The highest BCUT2D eigenvalue weighted by molar-refractivity contribution is 5.80. The number of hydrogen-bond donors (Lipinski definition) is 0. The van der Waals surface area contributed by atoms with Crippen molar-refractivity contribution >= 4 is 5.65 Å². The number of imidazole rings is 1. The minimum Gasteiger partial charge on any atom is -0.468 e. The molecule has 5 rings (SSSR count). The molecular weight excluding hydrogens is 416 g/mol. The van der Waals surface area contributed by atoms with Crippen LogP contribution in [0.5, 0.6) is 5.88 Å². The summed E-state index contributed by atoms with van der Waals surface area (Å²) < 4.78 is 38.6. The first-order valence-corrected chi connectivity index (χ1v) is 9.76. The summed E-state index contributed by atoms with van der Waals surface area (Å²) in [5, 5.41) is 12.4. The molecule has 0 fully saturated rings. The molecule has 0 saturated carbocycles. The largest absolute Gasteiger partial charge is 0.468 e. The molecule has 0 radical (unpaired) electrons. The Morgan fingerprint density at radius 1 is 0.938 bits per heavy atom. The van der Waals surface area contributed by atoms with Gasteiger partial charge >= 0.3 is 0 Å². The zero-order valence-electron chi connectivity index (χ0n) is 17.2. The van der Waals surface area contributed by atoms with Crippen LogP contribution in [0.2, 0.25) is 0 Å². The fraction of sp³-hybridized carbons (Fsp3) is 0.136. The summed E-state index contributed by atoms with van der Waals surface area (Å²) in [5.41, 5.74) is 1.37. The summed E-state index contributed by atoms with van der Waals surface area (Å²) >= 11 is 0. The van der Waals surface area contributed by atoms with Crippen molar-refractivity contribution < 1.29 is 13.5 Å². The van der Waals surface area contributed by atoms with E-state index < -0.39 is 11.6 Å².